The van der Waals surface area contributed by atoms with Crippen molar-refractivity contribution < 1.29 is 22.7 Å². The van der Waals surface area contributed by atoms with Gasteiger partial charge in [0.05, 0.1) is 7.11 Å². The normalized spacial score (nSPS) is 11.6. The predicted molar refractivity (Wildman–Crippen MR) is 129 cm³/mol. The molecule has 0 atom stereocenters. The van der Waals surface area contributed by atoms with Crippen LogP contribution in [0.1, 0.15) is 11.1 Å². The Balaban J connectivity index is 1.76. The van der Waals surface area contributed by atoms with Gasteiger partial charge in [-0.1, -0.05) is 35.3 Å². The quantitative estimate of drug-likeness (QED) is 0.330. The standard InChI is InChI=1S/C21H16Cl2N4O5S2/c1-31-18-8-12(3-6-17(18)32-11-13-4-5-15(22)9-16(13)23)7-14(10-24)19(28)25-20-26-21(27-33-20)34(2,29)30/h3-9H,11H2,1-2H3,(H,25,26,27,28). The lowest BCUT2D eigenvalue weighted by molar-refractivity contribution is -0.112. The van der Waals surface area contributed by atoms with Crippen LogP contribution < -0.4 is 14.8 Å². The molecular weight excluding hydrogens is 523 g/mol. The minimum absolute atomic E-state index is 0.0474. The summed E-state index contributed by atoms with van der Waals surface area (Å²) < 4.78 is 37.8. The van der Waals surface area contributed by atoms with Crippen molar-refractivity contribution in [3.8, 4) is 17.6 Å². The Kier molecular flexibility index (Phi) is 8.11. The summed E-state index contributed by atoms with van der Waals surface area (Å²) in [5.74, 6) is 0.0321. The Hall–Kier alpha value is -3.17. The number of rotatable bonds is 8. The zero-order chi connectivity index (χ0) is 24.9. The van der Waals surface area contributed by atoms with Crippen molar-refractivity contribution in [1.29, 1.82) is 5.26 Å². The molecule has 1 N–H and O–H groups in total. The summed E-state index contributed by atoms with van der Waals surface area (Å²) in [6, 6.07) is 11.7. The number of halogens is 2. The molecule has 2 aromatic carbocycles. The van der Waals surface area contributed by atoms with E-state index in [0.717, 1.165) is 11.8 Å². The maximum absolute atomic E-state index is 12.5. The molecule has 176 valence electrons. The predicted octanol–water partition coefficient (Wildman–Crippen LogP) is 4.38. The topological polar surface area (TPSA) is 131 Å². The molecule has 0 radical (unpaired) electrons. The van der Waals surface area contributed by atoms with Gasteiger partial charge in [-0.05, 0) is 35.9 Å². The molecule has 0 aliphatic carbocycles. The first-order valence-electron chi connectivity index (χ1n) is 9.32. The summed E-state index contributed by atoms with van der Waals surface area (Å²) in [6.07, 6.45) is 2.29. The van der Waals surface area contributed by atoms with Crippen LogP contribution in [0.2, 0.25) is 10.0 Å². The van der Waals surface area contributed by atoms with Gasteiger partial charge in [-0.3, -0.25) is 10.1 Å². The summed E-state index contributed by atoms with van der Waals surface area (Å²) in [7, 11) is -2.16. The van der Waals surface area contributed by atoms with Crippen molar-refractivity contribution in [1.82, 2.24) is 9.36 Å². The van der Waals surface area contributed by atoms with Gasteiger partial charge in [-0.15, -0.1) is 0 Å². The van der Waals surface area contributed by atoms with Crippen molar-refractivity contribution in [3.05, 3.63) is 63.1 Å². The van der Waals surface area contributed by atoms with E-state index in [1.165, 1.54) is 13.2 Å². The number of aromatic nitrogens is 2. The van der Waals surface area contributed by atoms with Crippen LogP contribution in [0.4, 0.5) is 5.13 Å². The van der Waals surface area contributed by atoms with E-state index in [-0.39, 0.29) is 17.3 Å². The lowest BCUT2D eigenvalue weighted by atomic mass is 10.1. The number of amides is 1. The number of carbonyl (C=O) groups excluding carboxylic acids is 1. The van der Waals surface area contributed by atoms with Crippen molar-refractivity contribution in [2.24, 2.45) is 0 Å². The molecule has 1 heterocycles. The van der Waals surface area contributed by atoms with Crippen LogP contribution in [0.15, 0.2) is 47.1 Å². The molecule has 34 heavy (non-hydrogen) atoms. The second-order valence-electron chi connectivity index (χ2n) is 6.71. The zero-order valence-corrected chi connectivity index (χ0v) is 20.8. The van der Waals surface area contributed by atoms with Gasteiger partial charge in [0.2, 0.25) is 15.0 Å². The first-order chi connectivity index (χ1) is 16.1. The number of hydrogen-bond acceptors (Lipinski definition) is 9. The maximum atomic E-state index is 12.5. The van der Waals surface area contributed by atoms with E-state index < -0.39 is 20.9 Å². The van der Waals surface area contributed by atoms with Gasteiger partial charge in [0.1, 0.15) is 18.2 Å². The van der Waals surface area contributed by atoms with Crippen LogP contribution in [-0.4, -0.2) is 37.0 Å². The number of sulfone groups is 1. The molecule has 0 fully saturated rings. The van der Waals surface area contributed by atoms with Crippen LogP contribution in [0, 0.1) is 11.3 Å². The first-order valence-corrected chi connectivity index (χ1v) is 12.7. The SMILES string of the molecule is COc1cc(C=C(C#N)C(=O)Nc2nc(S(C)(=O)=O)ns2)ccc1OCc1ccc(Cl)cc1Cl. The van der Waals surface area contributed by atoms with E-state index >= 15 is 0 Å². The van der Waals surface area contributed by atoms with E-state index in [0.29, 0.717) is 38.6 Å². The van der Waals surface area contributed by atoms with Crippen molar-refractivity contribution in [2.75, 3.05) is 18.7 Å². The molecule has 0 aliphatic rings. The van der Waals surface area contributed by atoms with Gasteiger partial charge < -0.3 is 9.47 Å². The largest absolute Gasteiger partial charge is 0.493 e. The number of benzene rings is 2. The van der Waals surface area contributed by atoms with Gasteiger partial charge >= 0.3 is 0 Å². The maximum Gasteiger partial charge on any atom is 0.268 e. The Morgan fingerprint density at radius 3 is 2.62 bits per heavy atom. The highest BCUT2D eigenvalue weighted by atomic mass is 35.5. The van der Waals surface area contributed by atoms with E-state index in [9.17, 15) is 18.5 Å². The number of anilines is 1. The number of nitrogens with one attached hydrogen (secondary N) is 1. The number of carbonyl (C=O) groups is 1. The van der Waals surface area contributed by atoms with Crippen LogP contribution in [-0.2, 0) is 21.2 Å². The number of methoxy groups -OCH3 is 1. The molecule has 3 rings (SSSR count). The number of nitriles is 1. The second kappa shape index (κ2) is 10.8. The van der Waals surface area contributed by atoms with Crippen molar-refractivity contribution in [3.63, 3.8) is 0 Å². The minimum atomic E-state index is -3.61. The fraction of sp³-hybridized carbons (Fsp3) is 0.143. The number of ether oxygens (including phenoxy) is 2. The van der Waals surface area contributed by atoms with Crippen LogP contribution in [0.5, 0.6) is 11.5 Å². The van der Waals surface area contributed by atoms with E-state index in [1.54, 1.807) is 42.5 Å². The fourth-order valence-corrected chi connectivity index (χ4v) is 4.48. The molecule has 13 heteroatoms. The first kappa shape index (κ1) is 25.5. The Morgan fingerprint density at radius 2 is 2.00 bits per heavy atom. The molecule has 0 unspecified atom stereocenters. The summed E-state index contributed by atoms with van der Waals surface area (Å²) in [6.45, 7) is 0.171. The van der Waals surface area contributed by atoms with Crippen LogP contribution >= 0.6 is 34.7 Å². The minimum Gasteiger partial charge on any atom is -0.493 e. The number of nitrogens with zero attached hydrogens (tertiary/aromatic N) is 3. The van der Waals surface area contributed by atoms with Gasteiger partial charge in [-0.2, -0.15) is 14.6 Å². The second-order valence-corrected chi connectivity index (χ2v) is 10.2. The zero-order valence-electron chi connectivity index (χ0n) is 17.7. The molecule has 0 saturated heterocycles. The van der Waals surface area contributed by atoms with Crippen LogP contribution in [0.3, 0.4) is 0 Å². The van der Waals surface area contributed by atoms with Gasteiger partial charge in [-0.25, -0.2) is 8.42 Å². The van der Waals surface area contributed by atoms with Crippen LogP contribution in [0.25, 0.3) is 6.08 Å². The molecule has 1 amide bonds. The Labute approximate surface area is 209 Å². The van der Waals surface area contributed by atoms with Crippen molar-refractivity contribution in [2.45, 2.75) is 11.8 Å². The smallest absolute Gasteiger partial charge is 0.268 e. The molecule has 1 aromatic heterocycles. The van der Waals surface area contributed by atoms with E-state index in [2.05, 4.69) is 14.7 Å². The fourth-order valence-electron chi connectivity index (χ4n) is 2.58. The van der Waals surface area contributed by atoms with E-state index in [4.69, 9.17) is 32.7 Å². The lowest BCUT2D eigenvalue weighted by Gasteiger charge is -2.12. The molecular formula is C21H16Cl2N4O5S2. The van der Waals surface area contributed by atoms with Gasteiger partial charge in [0.25, 0.3) is 11.1 Å². The molecule has 0 spiro atoms. The Bertz CT molecular complexity index is 1410. The molecule has 0 bridgehead atoms. The van der Waals surface area contributed by atoms with Gasteiger partial charge in [0.15, 0.2) is 11.5 Å². The lowest BCUT2D eigenvalue weighted by Crippen LogP contribution is -2.13. The molecule has 0 saturated carbocycles. The number of hydrogen-bond donors (Lipinski definition) is 1. The molecule has 0 aliphatic heterocycles. The highest BCUT2D eigenvalue weighted by molar-refractivity contribution is 7.90. The molecule has 3 aromatic rings. The monoisotopic (exact) mass is 538 g/mol. The Morgan fingerprint density at radius 1 is 1.24 bits per heavy atom. The average molecular weight is 539 g/mol. The van der Waals surface area contributed by atoms with Crippen molar-refractivity contribution >= 4 is 61.7 Å². The summed E-state index contributed by atoms with van der Waals surface area (Å²) in [5, 5.41) is 12.3. The molecule has 9 nitrogen and oxygen atoms in total. The average Bonchev–Trinajstić information content (AvgIpc) is 3.26. The highest BCUT2D eigenvalue weighted by Crippen LogP contribution is 2.31. The highest BCUT2D eigenvalue weighted by Gasteiger charge is 2.18. The summed E-state index contributed by atoms with van der Waals surface area (Å²) in [4.78, 5) is 16.2. The van der Waals surface area contributed by atoms with Gasteiger partial charge in [0, 0.05) is 33.4 Å². The summed E-state index contributed by atoms with van der Waals surface area (Å²) >= 11 is 12.8. The van der Waals surface area contributed by atoms with E-state index in [1.807, 2.05) is 0 Å². The third kappa shape index (κ3) is 6.45. The third-order valence-corrected chi connectivity index (χ3v) is 6.40. The third-order valence-electron chi connectivity index (χ3n) is 4.22. The summed E-state index contributed by atoms with van der Waals surface area (Å²) in [5.41, 5.74) is 0.991.